The van der Waals surface area contributed by atoms with Crippen LogP contribution in [0.25, 0.3) is 0 Å². The second-order valence-corrected chi connectivity index (χ2v) is 9.67. The molecule has 4 aliphatic carbocycles. The summed E-state index contributed by atoms with van der Waals surface area (Å²) in [5.41, 5.74) is 1.64. The van der Waals surface area contributed by atoms with Gasteiger partial charge in [-0.15, -0.1) is 0 Å². The maximum atomic E-state index is 10.4. The van der Waals surface area contributed by atoms with Crippen molar-refractivity contribution in [3.8, 4) is 0 Å². The Hall–Kier alpha value is -0.0400. The molecule has 1 spiro atoms. The van der Waals surface area contributed by atoms with E-state index in [0.29, 0.717) is 22.2 Å². The smallest absolute Gasteiger partial charge is 0.0574 e. The van der Waals surface area contributed by atoms with Gasteiger partial charge in [0.05, 0.1) is 6.10 Å². The highest BCUT2D eigenvalue weighted by molar-refractivity contribution is 5.13. The quantitative estimate of drug-likeness (QED) is 0.675. The molecular weight excluding hydrogens is 244 g/mol. The summed E-state index contributed by atoms with van der Waals surface area (Å²) in [6.45, 7) is 7.69. The second-order valence-electron chi connectivity index (χ2n) is 9.67. The molecular formula is C19H32O. The third-order valence-electron chi connectivity index (χ3n) is 8.40. The first kappa shape index (κ1) is 13.6. The maximum Gasteiger partial charge on any atom is 0.0574 e. The van der Waals surface area contributed by atoms with Crippen LogP contribution in [0, 0.1) is 34.0 Å². The van der Waals surface area contributed by atoms with Gasteiger partial charge >= 0.3 is 0 Å². The van der Waals surface area contributed by atoms with Crippen molar-refractivity contribution in [2.45, 2.75) is 84.7 Å². The zero-order chi connectivity index (χ0) is 14.2. The van der Waals surface area contributed by atoms with Crippen molar-refractivity contribution >= 4 is 0 Å². The Kier molecular flexibility index (Phi) is 2.74. The van der Waals surface area contributed by atoms with Crippen molar-refractivity contribution in [1.82, 2.24) is 0 Å². The maximum absolute atomic E-state index is 10.4. The van der Waals surface area contributed by atoms with Crippen molar-refractivity contribution in [3.05, 3.63) is 0 Å². The molecule has 0 heterocycles. The van der Waals surface area contributed by atoms with Crippen LogP contribution >= 0.6 is 0 Å². The van der Waals surface area contributed by atoms with Crippen LogP contribution in [0.5, 0.6) is 0 Å². The lowest BCUT2D eigenvalue weighted by Crippen LogP contribution is -2.55. The molecule has 0 aromatic rings. The van der Waals surface area contributed by atoms with E-state index >= 15 is 0 Å². The van der Waals surface area contributed by atoms with E-state index in [9.17, 15) is 5.11 Å². The Labute approximate surface area is 124 Å². The second kappa shape index (κ2) is 4.03. The molecule has 1 nitrogen and oxygen atoms in total. The molecule has 0 saturated heterocycles. The standard InChI is InChI=1S/C19H32O/c1-17(2)8-4-9-18(3)15(17)7-10-19-11-13(14(20)12-19)5-6-16(18)19/h13-16,20H,4-12H2,1-3H3. The predicted molar refractivity (Wildman–Crippen MR) is 82.4 cm³/mol. The van der Waals surface area contributed by atoms with Gasteiger partial charge in [0.1, 0.15) is 0 Å². The molecule has 4 fully saturated rings. The highest BCUT2D eigenvalue weighted by Gasteiger charge is 2.63. The Morgan fingerprint density at radius 3 is 2.45 bits per heavy atom. The summed E-state index contributed by atoms with van der Waals surface area (Å²) >= 11 is 0. The number of hydrogen-bond acceptors (Lipinski definition) is 1. The van der Waals surface area contributed by atoms with Crippen molar-refractivity contribution in [2.24, 2.45) is 34.0 Å². The third-order valence-corrected chi connectivity index (χ3v) is 8.40. The molecule has 0 aromatic carbocycles. The molecule has 1 heteroatoms. The molecule has 4 aliphatic rings. The highest BCUT2D eigenvalue weighted by atomic mass is 16.3. The lowest BCUT2D eigenvalue weighted by molar-refractivity contribution is -0.144. The molecule has 4 saturated carbocycles. The minimum absolute atomic E-state index is 0.0248. The van der Waals surface area contributed by atoms with Crippen molar-refractivity contribution in [1.29, 1.82) is 0 Å². The Morgan fingerprint density at radius 1 is 0.850 bits per heavy atom. The van der Waals surface area contributed by atoms with Crippen molar-refractivity contribution in [3.63, 3.8) is 0 Å². The number of aliphatic hydroxyl groups excluding tert-OH is 1. The number of fused-ring (bicyclic) bond motifs is 3. The van der Waals surface area contributed by atoms with Gasteiger partial charge in [0.2, 0.25) is 0 Å². The third kappa shape index (κ3) is 1.59. The van der Waals surface area contributed by atoms with Crippen LogP contribution in [0.1, 0.15) is 78.6 Å². The van der Waals surface area contributed by atoms with E-state index in [2.05, 4.69) is 20.8 Å². The van der Waals surface area contributed by atoms with Gasteiger partial charge in [-0.1, -0.05) is 27.2 Å². The zero-order valence-electron chi connectivity index (χ0n) is 13.6. The Bertz CT molecular complexity index is 410. The minimum Gasteiger partial charge on any atom is -0.393 e. The summed E-state index contributed by atoms with van der Waals surface area (Å²) in [6.07, 6.45) is 12.4. The lowest BCUT2D eigenvalue weighted by Gasteiger charge is -2.64. The molecule has 1 N–H and O–H groups in total. The molecule has 0 radical (unpaired) electrons. The summed E-state index contributed by atoms with van der Waals surface area (Å²) in [7, 11) is 0. The summed E-state index contributed by atoms with van der Waals surface area (Å²) in [5.74, 6) is 2.47. The molecule has 0 aliphatic heterocycles. The lowest BCUT2D eigenvalue weighted by atomic mass is 9.41. The Morgan fingerprint density at radius 2 is 1.65 bits per heavy atom. The van der Waals surface area contributed by atoms with Gasteiger partial charge < -0.3 is 5.11 Å². The largest absolute Gasteiger partial charge is 0.393 e. The molecule has 4 rings (SSSR count). The topological polar surface area (TPSA) is 20.2 Å². The van der Waals surface area contributed by atoms with E-state index < -0.39 is 0 Å². The van der Waals surface area contributed by atoms with Crippen LogP contribution in [0.3, 0.4) is 0 Å². The summed E-state index contributed by atoms with van der Waals surface area (Å²) in [5, 5.41) is 10.4. The molecule has 2 bridgehead atoms. The summed E-state index contributed by atoms with van der Waals surface area (Å²) < 4.78 is 0. The van der Waals surface area contributed by atoms with Gasteiger partial charge in [0, 0.05) is 0 Å². The van der Waals surface area contributed by atoms with Crippen LogP contribution in [0.15, 0.2) is 0 Å². The normalized spacial score (nSPS) is 57.0. The van der Waals surface area contributed by atoms with E-state index in [4.69, 9.17) is 0 Å². The monoisotopic (exact) mass is 276 g/mol. The predicted octanol–water partition coefficient (Wildman–Crippen LogP) is 4.78. The molecule has 6 unspecified atom stereocenters. The first-order chi connectivity index (χ1) is 9.37. The molecule has 114 valence electrons. The van der Waals surface area contributed by atoms with Crippen molar-refractivity contribution < 1.29 is 5.11 Å². The molecule has 6 atom stereocenters. The number of aliphatic hydroxyl groups is 1. The molecule has 0 amide bonds. The van der Waals surface area contributed by atoms with Crippen LogP contribution in [0.2, 0.25) is 0 Å². The van der Waals surface area contributed by atoms with E-state index in [1.807, 2.05) is 0 Å². The Balaban J connectivity index is 1.72. The van der Waals surface area contributed by atoms with Gasteiger partial charge in [0.15, 0.2) is 0 Å². The average Bonchev–Trinajstić information content (AvgIpc) is 2.58. The van der Waals surface area contributed by atoms with Crippen molar-refractivity contribution in [2.75, 3.05) is 0 Å². The van der Waals surface area contributed by atoms with Gasteiger partial charge in [0.25, 0.3) is 0 Å². The molecule has 0 aromatic heterocycles. The highest BCUT2D eigenvalue weighted by Crippen LogP contribution is 2.71. The van der Waals surface area contributed by atoms with Crippen LogP contribution < -0.4 is 0 Å². The summed E-state index contributed by atoms with van der Waals surface area (Å²) in [6, 6.07) is 0. The number of rotatable bonds is 0. The number of hydrogen-bond donors (Lipinski definition) is 1. The summed E-state index contributed by atoms with van der Waals surface area (Å²) in [4.78, 5) is 0. The SMILES string of the molecule is CC1(C)CCCC2(C)C1CCC13CC(O)C(CCC12)C3. The van der Waals surface area contributed by atoms with Gasteiger partial charge in [-0.25, -0.2) is 0 Å². The van der Waals surface area contributed by atoms with Crippen LogP contribution in [-0.2, 0) is 0 Å². The first-order valence-corrected chi connectivity index (χ1v) is 9.06. The van der Waals surface area contributed by atoms with E-state index in [1.165, 1.54) is 51.4 Å². The molecule has 20 heavy (non-hydrogen) atoms. The fraction of sp³-hybridized carbons (Fsp3) is 1.00. The van der Waals surface area contributed by atoms with Crippen LogP contribution in [0.4, 0.5) is 0 Å². The first-order valence-electron chi connectivity index (χ1n) is 9.06. The van der Waals surface area contributed by atoms with Gasteiger partial charge in [-0.2, -0.15) is 0 Å². The fourth-order valence-corrected chi connectivity index (χ4v) is 7.73. The zero-order valence-corrected chi connectivity index (χ0v) is 13.6. The van der Waals surface area contributed by atoms with Gasteiger partial charge in [-0.3, -0.25) is 0 Å². The van der Waals surface area contributed by atoms with E-state index in [1.54, 1.807) is 0 Å². The van der Waals surface area contributed by atoms with Crippen LogP contribution in [-0.4, -0.2) is 11.2 Å². The van der Waals surface area contributed by atoms with E-state index in [-0.39, 0.29) is 6.10 Å². The minimum atomic E-state index is 0.0248. The van der Waals surface area contributed by atoms with Gasteiger partial charge in [-0.05, 0) is 85.4 Å². The fourth-order valence-electron chi connectivity index (χ4n) is 7.73. The average molecular weight is 276 g/mol. The van der Waals surface area contributed by atoms with E-state index in [0.717, 1.165) is 18.3 Å².